The van der Waals surface area contributed by atoms with E-state index in [2.05, 4.69) is 56.2 Å². The molecule has 1 aromatic heterocycles. The van der Waals surface area contributed by atoms with Crippen molar-refractivity contribution in [2.45, 2.75) is 33.4 Å². The molecule has 0 saturated carbocycles. The van der Waals surface area contributed by atoms with E-state index in [1.54, 1.807) is 0 Å². The monoisotopic (exact) mass is 415 g/mol. The Balaban J connectivity index is 2.03. The van der Waals surface area contributed by atoms with Crippen LogP contribution < -0.4 is 10.1 Å². The second kappa shape index (κ2) is 7.47. The molecule has 0 aliphatic rings. The molecule has 0 aliphatic heterocycles. The highest BCUT2D eigenvalue weighted by Gasteiger charge is 2.11. The zero-order valence-corrected chi connectivity index (χ0v) is 15.5. The van der Waals surface area contributed by atoms with Crippen molar-refractivity contribution in [3.63, 3.8) is 0 Å². The van der Waals surface area contributed by atoms with Crippen LogP contribution in [0.15, 0.2) is 37.6 Å². The Kier molecular flexibility index (Phi) is 5.90. The number of ether oxygens (including phenoxy) is 1. The van der Waals surface area contributed by atoms with E-state index in [0.29, 0.717) is 6.61 Å². The van der Waals surface area contributed by atoms with Gasteiger partial charge in [-0.15, -0.1) is 0 Å². The molecule has 0 bridgehead atoms. The lowest BCUT2D eigenvalue weighted by Crippen LogP contribution is -2.17. The predicted molar refractivity (Wildman–Crippen MR) is 91.7 cm³/mol. The molecule has 1 N–H and O–H groups in total. The van der Waals surface area contributed by atoms with Crippen molar-refractivity contribution < 1.29 is 9.15 Å². The second-order valence-electron chi connectivity index (χ2n) is 4.87. The van der Waals surface area contributed by atoms with Crippen molar-refractivity contribution in [2.24, 2.45) is 0 Å². The molecule has 0 radical (unpaired) electrons. The van der Waals surface area contributed by atoms with Gasteiger partial charge in [-0.3, -0.25) is 0 Å². The molecule has 1 heterocycles. The Hall–Kier alpha value is -0.780. The topological polar surface area (TPSA) is 34.4 Å². The average molecular weight is 417 g/mol. The number of furan rings is 1. The Morgan fingerprint density at radius 1 is 1.24 bits per heavy atom. The summed E-state index contributed by atoms with van der Waals surface area (Å²) >= 11 is 7.11. The number of aryl methyl sites for hydroxylation is 1. The third kappa shape index (κ3) is 4.34. The standard InChI is InChI=1S/C16H19Br2NO2/c1-4-20-16-13(17)7-12(8-14(16)18)9-19-11(3)15-6-5-10(2)21-15/h5-8,11,19H,4,9H2,1-3H3. The smallest absolute Gasteiger partial charge is 0.147 e. The van der Waals surface area contributed by atoms with Gasteiger partial charge >= 0.3 is 0 Å². The fourth-order valence-corrected chi connectivity index (χ4v) is 3.56. The number of nitrogens with one attached hydrogen (secondary N) is 1. The van der Waals surface area contributed by atoms with E-state index in [1.165, 1.54) is 5.56 Å². The molecule has 1 aromatic carbocycles. The zero-order valence-electron chi connectivity index (χ0n) is 12.4. The van der Waals surface area contributed by atoms with Gasteiger partial charge in [-0.2, -0.15) is 0 Å². The third-order valence-electron chi connectivity index (χ3n) is 3.15. The zero-order chi connectivity index (χ0) is 15.4. The summed E-state index contributed by atoms with van der Waals surface area (Å²) in [5, 5.41) is 3.46. The lowest BCUT2D eigenvalue weighted by molar-refractivity contribution is 0.335. The maximum Gasteiger partial charge on any atom is 0.147 e. The SMILES string of the molecule is CCOc1c(Br)cc(CNC(C)c2ccc(C)o2)cc1Br. The molecule has 0 saturated heterocycles. The lowest BCUT2D eigenvalue weighted by atomic mass is 10.2. The molecule has 0 fully saturated rings. The summed E-state index contributed by atoms with van der Waals surface area (Å²) in [5.41, 5.74) is 1.17. The van der Waals surface area contributed by atoms with Gasteiger partial charge in [0.25, 0.3) is 0 Å². The molecule has 2 aromatic rings. The molecular weight excluding hydrogens is 398 g/mol. The minimum atomic E-state index is 0.169. The molecule has 0 spiro atoms. The minimum Gasteiger partial charge on any atom is -0.492 e. The quantitative estimate of drug-likeness (QED) is 0.687. The summed E-state index contributed by atoms with van der Waals surface area (Å²) in [7, 11) is 0. The first kappa shape index (κ1) is 16.6. The van der Waals surface area contributed by atoms with Crippen molar-refractivity contribution in [3.8, 4) is 5.75 Å². The van der Waals surface area contributed by atoms with Crippen molar-refractivity contribution in [3.05, 3.63) is 50.3 Å². The van der Waals surface area contributed by atoms with Crippen LogP contribution in [0.5, 0.6) is 5.75 Å². The van der Waals surface area contributed by atoms with E-state index in [-0.39, 0.29) is 6.04 Å². The summed E-state index contributed by atoms with van der Waals surface area (Å²) < 4.78 is 13.1. The predicted octanol–water partition coefficient (Wildman–Crippen LogP) is 5.36. The number of hydrogen-bond acceptors (Lipinski definition) is 3. The first-order chi connectivity index (χ1) is 10.0. The molecule has 1 unspecified atom stereocenters. The molecule has 5 heteroatoms. The van der Waals surface area contributed by atoms with Crippen LogP contribution in [0, 0.1) is 6.92 Å². The van der Waals surface area contributed by atoms with Gasteiger partial charge < -0.3 is 14.5 Å². The van der Waals surface area contributed by atoms with Gasteiger partial charge in [-0.25, -0.2) is 0 Å². The molecule has 3 nitrogen and oxygen atoms in total. The second-order valence-corrected chi connectivity index (χ2v) is 6.58. The van der Waals surface area contributed by atoms with Crippen molar-refractivity contribution in [1.82, 2.24) is 5.32 Å². The Morgan fingerprint density at radius 2 is 1.90 bits per heavy atom. The summed E-state index contributed by atoms with van der Waals surface area (Å²) in [5.74, 6) is 2.73. The van der Waals surface area contributed by atoms with Gasteiger partial charge in [0.15, 0.2) is 0 Å². The van der Waals surface area contributed by atoms with Crippen LogP contribution in [-0.2, 0) is 6.54 Å². The number of halogens is 2. The van der Waals surface area contributed by atoms with Crippen LogP contribution in [0.4, 0.5) is 0 Å². The van der Waals surface area contributed by atoms with Crippen molar-refractivity contribution in [2.75, 3.05) is 6.61 Å². The lowest BCUT2D eigenvalue weighted by Gasteiger charge is -2.14. The molecule has 0 amide bonds. The van der Waals surface area contributed by atoms with E-state index < -0.39 is 0 Å². The molecule has 2 rings (SSSR count). The van der Waals surface area contributed by atoms with Crippen molar-refractivity contribution in [1.29, 1.82) is 0 Å². The van der Waals surface area contributed by atoms with Crippen molar-refractivity contribution >= 4 is 31.9 Å². The highest BCUT2D eigenvalue weighted by molar-refractivity contribution is 9.11. The number of rotatable bonds is 6. The van der Waals surface area contributed by atoms with Crippen LogP contribution in [-0.4, -0.2) is 6.61 Å². The Bertz CT molecular complexity index is 587. The van der Waals surface area contributed by atoms with Gasteiger partial charge in [0.1, 0.15) is 17.3 Å². The van der Waals surface area contributed by atoms with Crippen LogP contribution in [0.1, 0.15) is 37.0 Å². The molecule has 114 valence electrons. The van der Waals surface area contributed by atoms with E-state index in [0.717, 1.165) is 32.8 Å². The maximum atomic E-state index is 5.63. The summed E-state index contributed by atoms with van der Waals surface area (Å²) in [6.45, 7) is 7.42. The number of benzene rings is 1. The normalized spacial score (nSPS) is 12.4. The fraction of sp³-hybridized carbons (Fsp3) is 0.375. The van der Waals surface area contributed by atoms with E-state index in [1.807, 2.05) is 26.0 Å². The van der Waals surface area contributed by atoms with Crippen LogP contribution in [0.25, 0.3) is 0 Å². The molecule has 1 atom stereocenters. The molecule has 21 heavy (non-hydrogen) atoms. The van der Waals surface area contributed by atoms with E-state index >= 15 is 0 Å². The Morgan fingerprint density at radius 3 is 2.43 bits per heavy atom. The van der Waals surface area contributed by atoms with Gasteiger partial charge in [0, 0.05) is 6.54 Å². The van der Waals surface area contributed by atoms with Crippen LogP contribution in [0.3, 0.4) is 0 Å². The van der Waals surface area contributed by atoms with Gasteiger partial charge in [-0.1, -0.05) is 0 Å². The maximum absolute atomic E-state index is 5.63. The van der Waals surface area contributed by atoms with E-state index in [9.17, 15) is 0 Å². The summed E-state index contributed by atoms with van der Waals surface area (Å²) in [6, 6.07) is 8.31. The highest BCUT2D eigenvalue weighted by atomic mass is 79.9. The highest BCUT2D eigenvalue weighted by Crippen LogP contribution is 2.34. The first-order valence-electron chi connectivity index (χ1n) is 6.91. The van der Waals surface area contributed by atoms with Crippen LogP contribution >= 0.6 is 31.9 Å². The van der Waals surface area contributed by atoms with E-state index in [4.69, 9.17) is 9.15 Å². The summed E-state index contributed by atoms with van der Waals surface area (Å²) in [4.78, 5) is 0. The van der Waals surface area contributed by atoms with Gasteiger partial charge in [0.2, 0.25) is 0 Å². The largest absolute Gasteiger partial charge is 0.492 e. The molecule has 0 aliphatic carbocycles. The molecular formula is C16H19Br2NO2. The first-order valence-corrected chi connectivity index (χ1v) is 8.50. The number of hydrogen-bond donors (Lipinski definition) is 1. The Labute approximate surface area is 142 Å². The average Bonchev–Trinajstić information content (AvgIpc) is 2.87. The summed E-state index contributed by atoms with van der Waals surface area (Å²) in [6.07, 6.45) is 0. The fourth-order valence-electron chi connectivity index (χ4n) is 2.05. The van der Waals surface area contributed by atoms with Crippen LogP contribution in [0.2, 0.25) is 0 Å². The minimum absolute atomic E-state index is 0.169. The van der Waals surface area contributed by atoms with Gasteiger partial charge in [-0.05, 0) is 82.5 Å². The third-order valence-corrected chi connectivity index (χ3v) is 4.33. The van der Waals surface area contributed by atoms with Gasteiger partial charge in [0.05, 0.1) is 21.6 Å².